The number of nitrogens with zero attached hydrogens (tertiary/aromatic N) is 1. The number of allylic oxidation sites excluding steroid dienone is 3. The fourth-order valence-electron chi connectivity index (χ4n) is 1.37. The van der Waals surface area contributed by atoms with Gasteiger partial charge in [-0.05, 0) is 34.3 Å². The molecule has 0 aromatic carbocycles. The van der Waals surface area contributed by atoms with Gasteiger partial charge in [0, 0.05) is 43.7 Å². The van der Waals surface area contributed by atoms with Gasteiger partial charge in [0.25, 0.3) is 0 Å². The first kappa shape index (κ1) is 16.9. The molecule has 0 saturated carbocycles. The molecule has 4 N–H and O–H groups in total. The van der Waals surface area contributed by atoms with E-state index in [1.54, 1.807) is 6.20 Å². The number of aliphatic imine (C=N–C) groups is 1. The standard InChI is InChI=1S/C13H23BrN4/c1-5-18-8-10(12(15)9(2)3)6-11(7-17-4)13(14)16/h7-9,16-17H,5-6,15H2,1-4H3/b11-7-,12-10?,16-13?,18-8?. The first-order valence-corrected chi connectivity index (χ1v) is 6.82. The van der Waals surface area contributed by atoms with Gasteiger partial charge in [-0.1, -0.05) is 13.8 Å². The molecule has 0 saturated heterocycles. The van der Waals surface area contributed by atoms with Crippen LogP contribution < -0.4 is 11.1 Å². The Morgan fingerprint density at radius 1 is 1.50 bits per heavy atom. The van der Waals surface area contributed by atoms with E-state index in [2.05, 4.69) is 40.1 Å². The Morgan fingerprint density at radius 3 is 2.50 bits per heavy atom. The van der Waals surface area contributed by atoms with Crippen molar-refractivity contribution in [2.24, 2.45) is 16.6 Å². The van der Waals surface area contributed by atoms with Gasteiger partial charge in [-0.2, -0.15) is 0 Å². The molecule has 5 heteroatoms. The summed E-state index contributed by atoms with van der Waals surface area (Å²) >= 11 is 3.19. The first-order chi connectivity index (χ1) is 8.43. The Balaban J connectivity index is 5.24. The Morgan fingerprint density at radius 2 is 2.11 bits per heavy atom. The molecule has 18 heavy (non-hydrogen) atoms. The zero-order valence-corrected chi connectivity index (χ0v) is 13.1. The molecule has 0 fully saturated rings. The highest BCUT2D eigenvalue weighted by Crippen LogP contribution is 2.18. The Labute approximate surface area is 118 Å². The fraction of sp³-hybridized carbons (Fsp3) is 0.538. The number of hydrogen-bond acceptors (Lipinski definition) is 4. The van der Waals surface area contributed by atoms with Gasteiger partial charge in [0.2, 0.25) is 0 Å². The number of nitrogens with two attached hydrogens (primary N) is 1. The van der Waals surface area contributed by atoms with Crippen molar-refractivity contribution in [1.29, 1.82) is 5.41 Å². The van der Waals surface area contributed by atoms with Crippen LogP contribution in [0.4, 0.5) is 0 Å². The van der Waals surface area contributed by atoms with Crippen molar-refractivity contribution in [3.8, 4) is 0 Å². The number of hydrogen-bond donors (Lipinski definition) is 3. The quantitative estimate of drug-likeness (QED) is 0.632. The highest BCUT2D eigenvalue weighted by atomic mass is 79.9. The lowest BCUT2D eigenvalue weighted by molar-refractivity contribution is 0.746. The van der Waals surface area contributed by atoms with Crippen LogP contribution in [0, 0.1) is 11.3 Å². The first-order valence-electron chi connectivity index (χ1n) is 6.03. The monoisotopic (exact) mass is 314 g/mol. The zero-order valence-electron chi connectivity index (χ0n) is 11.5. The van der Waals surface area contributed by atoms with E-state index in [0.29, 0.717) is 11.0 Å². The molecular formula is C13H23BrN4. The summed E-state index contributed by atoms with van der Waals surface area (Å²) in [5.74, 6) is 0.267. The van der Waals surface area contributed by atoms with Crippen LogP contribution in [0.25, 0.3) is 0 Å². The summed E-state index contributed by atoms with van der Waals surface area (Å²) in [5.41, 5.74) is 8.74. The number of halogens is 1. The highest BCUT2D eigenvalue weighted by Gasteiger charge is 2.10. The molecule has 102 valence electrons. The minimum absolute atomic E-state index is 0.267. The summed E-state index contributed by atoms with van der Waals surface area (Å²) in [6.45, 7) is 6.81. The highest BCUT2D eigenvalue weighted by molar-refractivity contribution is 9.18. The van der Waals surface area contributed by atoms with Crippen LogP contribution in [-0.2, 0) is 0 Å². The topological polar surface area (TPSA) is 74.3 Å². The van der Waals surface area contributed by atoms with E-state index in [1.165, 1.54) is 0 Å². The maximum atomic E-state index is 7.67. The summed E-state index contributed by atoms with van der Waals surface area (Å²) in [6, 6.07) is 0. The minimum atomic E-state index is 0.267. The molecule has 0 amide bonds. The van der Waals surface area contributed by atoms with Crippen LogP contribution in [-0.4, -0.2) is 24.4 Å². The SMILES string of the molecule is CCN=CC(C/C(=C/NC)C(=N)Br)=C(N)C(C)C. The van der Waals surface area contributed by atoms with Gasteiger partial charge < -0.3 is 11.1 Å². The van der Waals surface area contributed by atoms with E-state index in [4.69, 9.17) is 11.1 Å². The molecule has 0 aliphatic rings. The van der Waals surface area contributed by atoms with Crippen LogP contribution in [0.3, 0.4) is 0 Å². The molecule has 0 radical (unpaired) electrons. The molecule has 4 nitrogen and oxygen atoms in total. The smallest absolute Gasteiger partial charge is 0.102 e. The van der Waals surface area contributed by atoms with E-state index in [9.17, 15) is 0 Å². The van der Waals surface area contributed by atoms with Crippen LogP contribution in [0.1, 0.15) is 27.2 Å². The second-order valence-electron chi connectivity index (χ2n) is 4.21. The van der Waals surface area contributed by atoms with Crippen LogP contribution >= 0.6 is 15.9 Å². The van der Waals surface area contributed by atoms with Crippen molar-refractivity contribution in [3.63, 3.8) is 0 Å². The number of nitrogens with one attached hydrogen (secondary N) is 2. The fourth-order valence-corrected chi connectivity index (χ4v) is 1.62. The van der Waals surface area contributed by atoms with Gasteiger partial charge in [0.15, 0.2) is 0 Å². The summed E-state index contributed by atoms with van der Waals surface area (Å²) < 4.78 is 0.357. The molecule has 0 atom stereocenters. The molecule has 0 rings (SSSR count). The van der Waals surface area contributed by atoms with Gasteiger partial charge in [-0.25, -0.2) is 0 Å². The summed E-state index contributed by atoms with van der Waals surface area (Å²) in [7, 11) is 1.81. The Hall–Kier alpha value is -1.10. The Kier molecular flexibility index (Phi) is 8.37. The second-order valence-corrected chi connectivity index (χ2v) is 5.01. The van der Waals surface area contributed by atoms with Crippen LogP contribution in [0.15, 0.2) is 28.0 Å². The van der Waals surface area contributed by atoms with Gasteiger partial charge in [-0.3, -0.25) is 10.4 Å². The molecular weight excluding hydrogens is 292 g/mol. The maximum absolute atomic E-state index is 7.67. The molecule has 0 aromatic heterocycles. The summed E-state index contributed by atoms with van der Waals surface area (Å²) in [5, 5.41) is 10.6. The minimum Gasteiger partial charge on any atom is -0.402 e. The van der Waals surface area contributed by atoms with E-state index in [0.717, 1.165) is 23.4 Å². The molecule has 0 unspecified atom stereocenters. The van der Waals surface area contributed by atoms with Gasteiger partial charge >= 0.3 is 0 Å². The van der Waals surface area contributed by atoms with Crippen molar-refractivity contribution in [3.05, 3.63) is 23.0 Å². The van der Waals surface area contributed by atoms with Crippen molar-refractivity contribution in [1.82, 2.24) is 5.32 Å². The van der Waals surface area contributed by atoms with Crippen LogP contribution in [0.5, 0.6) is 0 Å². The van der Waals surface area contributed by atoms with Gasteiger partial charge in [0.05, 0.1) is 0 Å². The predicted molar refractivity (Wildman–Crippen MR) is 83.5 cm³/mol. The lowest BCUT2D eigenvalue weighted by atomic mass is 10.00. The summed E-state index contributed by atoms with van der Waals surface area (Å²) in [4.78, 5) is 4.25. The lowest BCUT2D eigenvalue weighted by Crippen LogP contribution is -2.12. The predicted octanol–water partition coefficient (Wildman–Crippen LogP) is 2.81. The molecule has 0 bridgehead atoms. The van der Waals surface area contributed by atoms with E-state index < -0.39 is 0 Å². The third-order valence-electron chi connectivity index (χ3n) is 2.40. The van der Waals surface area contributed by atoms with Crippen molar-refractivity contribution < 1.29 is 0 Å². The third kappa shape index (κ3) is 6.00. The normalized spacial score (nSPS) is 14.0. The third-order valence-corrected chi connectivity index (χ3v) is 2.91. The van der Waals surface area contributed by atoms with Gasteiger partial charge in [0.1, 0.15) is 4.62 Å². The molecule has 0 aliphatic carbocycles. The Bertz CT molecular complexity index is 367. The lowest BCUT2D eigenvalue weighted by Gasteiger charge is -2.13. The van der Waals surface area contributed by atoms with Crippen molar-refractivity contribution >= 4 is 26.8 Å². The largest absolute Gasteiger partial charge is 0.402 e. The molecule has 0 spiro atoms. The van der Waals surface area contributed by atoms with E-state index >= 15 is 0 Å². The van der Waals surface area contributed by atoms with Crippen LogP contribution in [0.2, 0.25) is 0 Å². The van der Waals surface area contributed by atoms with Crippen molar-refractivity contribution in [2.75, 3.05) is 13.6 Å². The van der Waals surface area contributed by atoms with Gasteiger partial charge in [-0.15, -0.1) is 0 Å². The van der Waals surface area contributed by atoms with Crippen molar-refractivity contribution in [2.45, 2.75) is 27.2 Å². The second kappa shape index (κ2) is 8.91. The average Bonchev–Trinajstić information content (AvgIpc) is 2.31. The average molecular weight is 315 g/mol. The summed E-state index contributed by atoms with van der Waals surface area (Å²) in [6.07, 6.45) is 4.21. The number of rotatable bonds is 7. The maximum Gasteiger partial charge on any atom is 0.102 e. The molecule has 0 heterocycles. The molecule has 0 aromatic rings. The zero-order chi connectivity index (χ0) is 14.1. The van der Waals surface area contributed by atoms with E-state index in [-0.39, 0.29) is 5.92 Å². The molecule has 0 aliphatic heterocycles. The van der Waals surface area contributed by atoms with E-state index in [1.807, 2.05) is 20.2 Å².